The molecule has 0 amide bonds. The Morgan fingerprint density at radius 3 is 3.15 bits per heavy atom. The number of hydrogen-bond donors (Lipinski definition) is 1. The largest absolute Gasteiger partial charge is 0.310 e. The number of nitrogens with one attached hydrogen (secondary N) is 1. The van der Waals surface area contributed by atoms with Crippen LogP contribution in [0.15, 0.2) is 12.4 Å². The molecule has 1 aliphatic heterocycles. The summed E-state index contributed by atoms with van der Waals surface area (Å²) in [4.78, 5) is 0. The first-order valence-electron chi connectivity index (χ1n) is 5.16. The van der Waals surface area contributed by atoms with Gasteiger partial charge in [0.15, 0.2) is 0 Å². The molecule has 72 valence electrons. The van der Waals surface area contributed by atoms with E-state index in [4.69, 9.17) is 0 Å². The smallest absolute Gasteiger partial charge is 0.0537 e. The van der Waals surface area contributed by atoms with E-state index in [2.05, 4.69) is 23.5 Å². The minimum Gasteiger partial charge on any atom is -0.310 e. The van der Waals surface area contributed by atoms with Crippen LogP contribution in [0.1, 0.15) is 37.8 Å². The van der Waals surface area contributed by atoms with Gasteiger partial charge in [0.1, 0.15) is 0 Å². The molecule has 13 heavy (non-hydrogen) atoms. The highest BCUT2D eigenvalue weighted by Crippen LogP contribution is 2.21. The highest BCUT2D eigenvalue weighted by molar-refractivity contribution is 5.10. The van der Waals surface area contributed by atoms with E-state index in [0.29, 0.717) is 6.04 Å². The zero-order valence-corrected chi connectivity index (χ0v) is 8.16. The second kappa shape index (κ2) is 3.92. The van der Waals surface area contributed by atoms with Crippen LogP contribution >= 0.6 is 0 Å². The summed E-state index contributed by atoms with van der Waals surface area (Å²) < 4.78 is 1.99. The summed E-state index contributed by atoms with van der Waals surface area (Å²) >= 11 is 0. The van der Waals surface area contributed by atoms with Crippen molar-refractivity contribution in [2.24, 2.45) is 0 Å². The highest BCUT2D eigenvalue weighted by atomic mass is 15.3. The van der Waals surface area contributed by atoms with Crippen LogP contribution in [0.5, 0.6) is 0 Å². The van der Waals surface area contributed by atoms with Crippen molar-refractivity contribution in [3.8, 4) is 0 Å². The molecule has 0 saturated carbocycles. The lowest BCUT2D eigenvalue weighted by molar-refractivity contribution is 0.412. The molecule has 0 aromatic carbocycles. The van der Waals surface area contributed by atoms with E-state index < -0.39 is 0 Å². The molecule has 1 saturated heterocycles. The zero-order valence-electron chi connectivity index (χ0n) is 8.16. The van der Waals surface area contributed by atoms with Gasteiger partial charge in [-0.2, -0.15) is 5.10 Å². The topological polar surface area (TPSA) is 29.9 Å². The summed E-state index contributed by atoms with van der Waals surface area (Å²) in [7, 11) is 0. The Balaban J connectivity index is 2.05. The predicted molar refractivity (Wildman–Crippen MR) is 52.5 cm³/mol. The van der Waals surface area contributed by atoms with Gasteiger partial charge in [0.25, 0.3) is 0 Å². The molecule has 1 atom stereocenters. The van der Waals surface area contributed by atoms with Gasteiger partial charge >= 0.3 is 0 Å². The lowest BCUT2D eigenvalue weighted by Crippen LogP contribution is -2.26. The third kappa shape index (κ3) is 1.91. The van der Waals surface area contributed by atoms with Crippen LogP contribution in [0.3, 0.4) is 0 Å². The molecule has 2 rings (SSSR count). The molecule has 0 radical (unpaired) electrons. The highest BCUT2D eigenvalue weighted by Gasteiger charge is 2.15. The van der Waals surface area contributed by atoms with Crippen molar-refractivity contribution in [1.29, 1.82) is 0 Å². The van der Waals surface area contributed by atoms with Crippen LogP contribution in [0.4, 0.5) is 0 Å². The van der Waals surface area contributed by atoms with Crippen LogP contribution in [-0.4, -0.2) is 16.3 Å². The fraction of sp³-hybridized carbons (Fsp3) is 0.700. The lowest BCUT2D eigenvalue weighted by atomic mass is 10.0. The summed E-state index contributed by atoms with van der Waals surface area (Å²) in [6, 6.07) is 0.550. The van der Waals surface area contributed by atoms with Gasteiger partial charge < -0.3 is 5.32 Å². The van der Waals surface area contributed by atoms with Gasteiger partial charge in [-0.05, 0) is 26.3 Å². The number of aromatic nitrogens is 2. The van der Waals surface area contributed by atoms with E-state index in [9.17, 15) is 0 Å². The van der Waals surface area contributed by atoms with Crippen molar-refractivity contribution in [3.05, 3.63) is 18.0 Å². The number of piperidine rings is 1. The molecule has 3 nitrogen and oxygen atoms in total. The van der Waals surface area contributed by atoms with Crippen molar-refractivity contribution in [2.45, 2.75) is 38.8 Å². The van der Waals surface area contributed by atoms with Crippen LogP contribution in [0.25, 0.3) is 0 Å². The van der Waals surface area contributed by atoms with Gasteiger partial charge in [-0.3, -0.25) is 4.68 Å². The van der Waals surface area contributed by atoms with Crippen molar-refractivity contribution < 1.29 is 0 Å². The number of rotatable bonds is 2. The van der Waals surface area contributed by atoms with Crippen LogP contribution < -0.4 is 5.32 Å². The van der Waals surface area contributed by atoms with Crippen LogP contribution in [0.2, 0.25) is 0 Å². The van der Waals surface area contributed by atoms with Crippen molar-refractivity contribution >= 4 is 0 Å². The molecule has 1 N–H and O–H groups in total. The first-order chi connectivity index (χ1) is 6.40. The third-order valence-electron chi connectivity index (χ3n) is 2.69. The van der Waals surface area contributed by atoms with E-state index in [1.54, 1.807) is 0 Å². The summed E-state index contributed by atoms with van der Waals surface area (Å²) in [5, 5.41) is 7.81. The van der Waals surface area contributed by atoms with Gasteiger partial charge in [0, 0.05) is 24.3 Å². The van der Waals surface area contributed by atoms with Gasteiger partial charge in [0.05, 0.1) is 6.20 Å². The number of nitrogens with zero attached hydrogens (tertiary/aromatic N) is 2. The molecule has 1 aromatic rings. The molecule has 1 aliphatic rings. The second-order valence-corrected chi connectivity index (χ2v) is 3.63. The van der Waals surface area contributed by atoms with E-state index in [0.717, 1.165) is 13.1 Å². The SMILES string of the molecule is CCn1cc(C2CCCCN2)cn1. The Labute approximate surface area is 79.1 Å². The molecular formula is C10H17N3. The molecule has 0 aliphatic carbocycles. The molecule has 3 heteroatoms. The van der Waals surface area contributed by atoms with Gasteiger partial charge in [-0.15, -0.1) is 0 Å². The van der Waals surface area contributed by atoms with Gasteiger partial charge in [0.2, 0.25) is 0 Å². The average Bonchev–Trinajstić information content (AvgIpc) is 2.67. The first-order valence-corrected chi connectivity index (χ1v) is 5.16. The average molecular weight is 179 g/mol. The summed E-state index contributed by atoms with van der Waals surface area (Å²) in [6.07, 6.45) is 8.07. The van der Waals surface area contributed by atoms with Crippen LogP contribution in [0, 0.1) is 0 Å². The summed E-state index contributed by atoms with van der Waals surface area (Å²) in [6.45, 7) is 4.24. The molecule has 1 aromatic heterocycles. The monoisotopic (exact) mass is 179 g/mol. The second-order valence-electron chi connectivity index (χ2n) is 3.63. The Morgan fingerprint density at radius 1 is 1.62 bits per heavy atom. The third-order valence-corrected chi connectivity index (χ3v) is 2.69. The van der Waals surface area contributed by atoms with E-state index >= 15 is 0 Å². The summed E-state index contributed by atoms with van der Waals surface area (Å²) in [5.41, 5.74) is 1.35. The Bertz CT molecular complexity index is 261. The Morgan fingerprint density at radius 2 is 2.54 bits per heavy atom. The van der Waals surface area contributed by atoms with Crippen molar-refractivity contribution in [3.63, 3.8) is 0 Å². The minimum atomic E-state index is 0.550. The fourth-order valence-electron chi connectivity index (χ4n) is 1.87. The maximum absolute atomic E-state index is 4.29. The van der Waals surface area contributed by atoms with E-state index in [1.165, 1.54) is 24.8 Å². The normalized spacial score (nSPS) is 23.3. The summed E-state index contributed by atoms with van der Waals surface area (Å²) in [5.74, 6) is 0. The van der Waals surface area contributed by atoms with Crippen molar-refractivity contribution in [1.82, 2.24) is 15.1 Å². The quantitative estimate of drug-likeness (QED) is 0.749. The molecule has 0 spiro atoms. The van der Waals surface area contributed by atoms with E-state index in [-0.39, 0.29) is 0 Å². The fourth-order valence-corrected chi connectivity index (χ4v) is 1.87. The molecule has 1 unspecified atom stereocenters. The number of aryl methyl sites for hydroxylation is 1. The Kier molecular flexibility index (Phi) is 2.64. The molecule has 0 bridgehead atoms. The molecule has 2 heterocycles. The van der Waals surface area contributed by atoms with Crippen molar-refractivity contribution in [2.75, 3.05) is 6.54 Å². The maximum atomic E-state index is 4.29. The van der Waals surface area contributed by atoms with Gasteiger partial charge in [-0.25, -0.2) is 0 Å². The zero-order chi connectivity index (χ0) is 9.10. The Hall–Kier alpha value is -0.830. The maximum Gasteiger partial charge on any atom is 0.0537 e. The minimum absolute atomic E-state index is 0.550. The van der Waals surface area contributed by atoms with E-state index in [1.807, 2.05) is 10.9 Å². The first kappa shape index (κ1) is 8.75. The van der Waals surface area contributed by atoms with Gasteiger partial charge in [-0.1, -0.05) is 6.42 Å². The molecular weight excluding hydrogens is 162 g/mol. The predicted octanol–water partition coefficient (Wildman–Crippen LogP) is 1.72. The number of hydrogen-bond acceptors (Lipinski definition) is 2. The standard InChI is InChI=1S/C10H17N3/c1-2-13-8-9(7-12-13)10-5-3-4-6-11-10/h7-8,10-11H,2-6H2,1H3. The molecule has 1 fully saturated rings. The van der Waals surface area contributed by atoms with Crippen LogP contribution in [-0.2, 0) is 6.54 Å². The lowest BCUT2D eigenvalue weighted by Gasteiger charge is -2.21.